The molecule has 0 saturated carbocycles. The molecule has 0 radical (unpaired) electrons. The molecule has 0 aromatic carbocycles. The van der Waals surface area contributed by atoms with Gasteiger partial charge in [0.25, 0.3) is 5.91 Å². The minimum absolute atomic E-state index is 0.125. The fraction of sp³-hybridized carbons (Fsp3) is 0.600. The summed E-state index contributed by atoms with van der Waals surface area (Å²) in [5.41, 5.74) is 5.84. The molecule has 5 nitrogen and oxygen atoms in total. The number of carbonyl (C=O) groups excluding carboxylic acids is 1. The summed E-state index contributed by atoms with van der Waals surface area (Å²) in [6.07, 6.45) is 3.33. The van der Waals surface area contributed by atoms with E-state index in [-0.39, 0.29) is 5.91 Å². The third-order valence-corrected chi connectivity index (χ3v) is 1.92. The van der Waals surface area contributed by atoms with E-state index in [1.54, 1.807) is 12.5 Å². The second-order valence-corrected chi connectivity index (χ2v) is 3.89. The van der Waals surface area contributed by atoms with Crippen molar-refractivity contribution in [3.63, 3.8) is 0 Å². The molecule has 1 heterocycles. The molecule has 0 saturated heterocycles. The Bertz CT molecular complexity index is 319. The zero-order valence-corrected chi connectivity index (χ0v) is 9.23. The molecule has 0 bridgehead atoms. The molecule has 0 spiro atoms. The van der Waals surface area contributed by atoms with Crippen LogP contribution >= 0.6 is 0 Å². The van der Waals surface area contributed by atoms with E-state index in [2.05, 4.69) is 10.3 Å². The van der Waals surface area contributed by atoms with Crippen LogP contribution in [0.15, 0.2) is 12.5 Å². The van der Waals surface area contributed by atoms with Crippen LogP contribution in [-0.4, -0.2) is 28.5 Å². The molecule has 0 atom stereocenters. The molecule has 3 N–H and O–H groups in total. The lowest BCUT2D eigenvalue weighted by Gasteiger charge is -2.05. The molecule has 0 aliphatic heterocycles. The third-order valence-electron chi connectivity index (χ3n) is 1.92. The lowest BCUT2D eigenvalue weighted by Crippen LogP contribution is -2.27. The van der Waals surface area contributed by atoms with E-state index >= 15 is 0 Å². The van der Waals surface area contributed by atoms with Crippen molar-refractivity contribution in [2.24, 2.45) is 11.7 Å². The average molecular weight is 210 g/mol. The summed E-state index contributed by atoms with van der Waals surface area (Å²) in [5.74, 6) is 0.319. The van der Waals surface area contributed by atoms with Crippen LogP contribution in [0, 0.1) is 5.92 Å². The first-order valence-corrected chi connectivity index (χ1v) is 5.13. The summed E-state index contributed by atoms with van der Waals surface area (Å²) in [6.45, 7) is 6.00. The van der Waals surface area contributed by atoms with Gasteiger partial charge in [-0.1, -0.05) is 13.8 Å². The van der Waals surface area contributed by atoms with E-state index < -0.39 is 0 Å². The molecule has 1 aromatic rings. The summed E-state index contributed by atoms with van der Waals surface area (Å²) < 4.78 is 1.81. The van der Waals surface area contributed by atoms with Crippen molar-refractivity contribution in [2.75, 3.05) is 13.1 Å². The van der Waals surface area contributed by atoms with Crippen molar-refractivity contribution in [3.8, 4) is 0 Å². The van der Waals surface area contributed by atoms with Crippen LogP contribution in [0.2, 0.25) is 0 Å². The highest BCUT2D eigenvalue weighted by molar-refractivity contribution is 5.91. The van der Waals surface area contributed by atoms with Crippen LogP contribution in [0.5, 0.6) is 0 Å². The second kappa shape index (κ2) is 5.50. The smallest absolute Gasteiger partial charge is 0.271 e. The molecule has 0 aliphatic rings. The molecule has 84 valence electrons. The quantitative estimate of drug-likeness (QED) is 0.730. The lowest BCUT2D eigenvalue weighted by molar-refractivity contribution is 0.0944. The minimum atomic E-state index is -0.125. The highest BCUT2D eigenvalue weighted by Gasteiger charge is 2.08. The Morgan fingerprint density at radius 1 is 1.67 bits per heavy atom. The van der Waals surface area contributed by atoms with Gasteiger partial charge in [0, 0.05) is 25.8 Å². The first-order valence-electron chi connectivity index (χ1n) is 5.13. The number of nitrogens with two attached hydrogens (primary N) is 1. The summed E-state index contributed by atoms with van der Waals surface area (Å²) in [6, 6.07) is 0. The molecule has 1 rings (SSSR count). The summed E-state index contributed by atoms with van der Waals surface area (Å²) in [5, 5.41) is 2.81. The second-order valence-electron chi connectivity index (χ2n) is 3.89. The number of aromatic nitrogens is 2. The van der Waals surface area contributed by atoms with Crippen LogP contribution in [0.4, 0.5) is 0 Å². The Kier molecular flexibility index (Phi) is 4.30. The number of amides is 1. The van der Waals surface area contributed by atoms with E-state index in [0.29, 0.717) is 31.2 Å². The van der Waals surface area contributed by atoms with Crippen molar-refractivity contribution in [1.82, 2.24) is 14.9 Å². The number of nitrogens with one attached hydrogen (secondary N) is 1. The van der Waals surface area contributed by atoms with Gasteiger partial charge in [-0.3, -0.25) is 4.79 Å². The largest absolute Gasteiger partial charge is 0.350 e. The molecule has 1 aromatic heterocycles. The van der Waals surface area contributed by atoms with Crippen LogP contribution in [0.25, 0.3) is 0 Å². The Morgan fingerprint density at radius 3 is 3.00 bits per heavy atom. The first-order chi connectivity index (χ1) is 7.13. The first kappa shape index (κ1) is 11.7. The Labute approximate surface area is 89.7 Å². The van der Waals surface area contributed by atoms with Crippen molar-refractivity contribution < 1.29 is 4.79 Å². The van der Waals surface area contributed by atoms with E-state index in [1.165, 1.54) is 0 Å². The van der Waals surface area contributed by atoms with Gasteiger partial charge in [-0.05, 0) is 5.92 Å². The van der Waals surface area contributed by atoms with Crippen molar-refractivity contribution in [2.45, 2.75) is 20.4 Å². The normalized spacial score (nSPS) is 10.7. The average Bonchev–Trinajstić information content (AvgIpc) is 2.63. The molecule has 0 fully saturated rings. The van der Waals surface area contributed by atoms with E-state index in [4.69, 9.17) is 5.73 Å². The number of imidazole rings is 1. The zero-order chi connectivity index (χ0) is 11.3. The molecular weight excluding hydrogens is 192 g/mol. The van der Waals surface area contributed by atoms with Gasteiger partial charge in [0.1, 0.15) is 5.69 Å². The fourth-order valence-electron chi connectivity index (χ4n) is 1.14. The minimum Gasteiger partial charge on any atom is -0.350 e. The Morgan fingerprint density at radius 2 is 2.40 bits per heavy atom. The Balaban J connectivity index is 2.50. The molecule has 15 heavy (non-hydrogen) atoms. The van der Waals surface area contributed by atoms with Gasteiger partial charge < -0.3 is 15.6 Å². The maximum atomic E-state index is 11.5. The standard InChI is InChI=1S/C10H18N4O/c1-8(2)5-12-10(15)9-6-14(4-3-11)7-13-9/h6-8H,3-5,11H2,1-2H3,(H,12,15). The SMILES string of the molecule is CC(C)CNC(=O)c1cn(CCN)cn1. The predicted octanol–water partition coefficient (Wildman–Crippen LogP) is 0.228. The molecule has 1 amide bonds. The van der Waals surface area contributed by atoms with Crippen molar-refractivity contribution >= 4 is 5.91 Å². The number of carbonyl (C=O) groups is 1. The number of nitrogens with zero attached hydrogens (tertiary/aromatic N) is 2. The van der Waals surface area contributed by atoms with Gasteiger partial charge >= 0.3 is 0 Å². The van der Waals surface area contributed by atoms with Crippen LogP contribution in [-0.2, 0) is 6.54 Å². The summed E-state index contributed by atoms with van der Waals surface area (Å²) in [4.78, 5) is 15.6. The third kappa shape index (κ3) is 3.71. The topological polar surface area (TPSA) is 72.9 Å². The van der Waals surface area contributed by atoms with Gasteiger partial charge in [-0.2, -0.15) is 0 Å². The number of hydrogen-bond donors (Lipinski definition) is 2. The van der Waals surface area contributed by atoms with Crippen molar-refractivity contribution in [1.29, 1.82) is 0 Å². The molecular formula is C10H18N4O. The van der Waals surface area contributed by atoms with Gasteiger partial charge in [0.15, 0.2) is 0 Å². The molecule has 5 heteroatoms. The van der Waals surface area contributed by atoms with Gasteiger partial charge in [-0.25, -0.2) is 4.98 Å². The van der Waals surface area contributed by atoms with Gasteiger partial charge in [0.05, 0.1) is 6.33 Å². The monoisotopic (exact) mass is 210 g/mol. The van der Waals surface area contributed by atoms with Gasteiger partial charge in [-0.15, -0.1) is 0 Å². The Hall–Kier alpha value is -1.36. The number of hydrogen-bond acceptors (Lipinski definition) is 3. The summed E-state index contributed by atoms with van der Waals surface area (Å²) >= 11 is 0. The number of rotatable bonds is 5. The molecule has 0 aliphatic carbocycles. The predicted molar refractivity (Wildman–Crippen MR) is 58.5 cm³/mol. The van der Waals surface area contributed by atoms with Crippen LogP contribution in [0.3, 0.4) is 0 Å². The highest BCUT2D eigenvalue weighted by Crippen LogP contribution is 1.96. The fourth-order valence-corrected chi connectivity index (χ4v) is 1.14. The van der Waals surface area contributed by atoms with Gasteiger partial charge in [0.2, 0.25) is 0 Å². The van der Waals surface area contributed by atoms with Crippen LogP contribution in [0.1, 0.15) is 24.3 Å². The van der Waals surface area contributed by atoms with Crippen molar-refractivity contribution in [3.05, 3.63) is 18.2 Å². The van der Waals surface area contributed by atoms with Crippen LogP contribution < -0.4 is 11.1 Å². The zero-order valence-electron chi connectivity index (χ0n) is 9.23. The van der Waals surface area contributed by atoms with E-state index in [0.717, 1.165) is 0 Å². The summed E-state index contributed by atoms with van der Waals surface area (Å²) in [7, 11) is 0. The van der Waals surface area contributed by atoms with E-state index in [9.17, 15) is 4.79 Å². The lowest BCUT2D eigenvalue weighted by atomic mass is 10.2. The highest BCUT2D eigenvalue weighted by atomic mass is 16.1. The van der Waals surface area contributed by atoms with E-state index in [1.807, 2.05) is 18.4 Å². The molecule has 0 unspecified atom stereocenters. The maximum absolute atomic E-state index is 11.5. The maximum Gasteiger partial charge on any atom is 0.271 e.